The van der Waals surface area contributed by atoms with Crippen molar-refractivity contribution in [2.75, 3.05) is 0 Å². The minimum Gasteiger partial charge on any atom is -0.462 e. The number of rotatable bonds is 2. The molecule has 1 saturated heterocycles. The highest BCUT2D eigenvalue weighted by atomic mass is 16.6. The van der Waals surface area contributed by atoms with E-state index < -0.39 is 17.1 Å². The van der Waals surface area contributed by atoms with Gasteiger partial charge in [0.05, 0.1) is 5.60 Å². The van der Waals surface area contributed by atoms with E-state index in [1.807, 2.05) is 13.0 Å². The van der Waals surface area contributed by atoms with Crippen LogP contribution >= 0.6 is 0 Å². The van der Waals surface area contributed by atoms with E-state index in [0.29, 0.717) is 18.8 Å². The van der Waals surface area contributed by atoms with Crippen LogP contribution in [0.25, 0.3) is 0 Å². The molecule has 4 aliphatic rings. The molecule has 142 valence electrons. The number of carbonyl (C=O) groups excluding carboxylic acids is 2. The van der Waals surface area contributed by atoms with Crippen molar-refractivity contribution in [1.82, 2.24) is 0 Å². The van der Waals surface area contributed by atoms with Gasteiger partial charge < -0.3 is 14.6 Å². The zero-order chi connectivity index (χ0) is 18.9. The second-order valence-corrected chi connectivity index (χ2v) is 8.73. The van der Waals surface area contributed by atoms with Crippen LogP contribution < -0.4 is 0 Å². The molecule has 8 unspecified atom stereocenters. The summed E-state index contributed by atoms with van der Waals surface area (Å²) in [6.45, 7) is 11.5. The van der Waals surface area contributed by atoms with Crippen molar-refractivity contribution >= 4 is 11.9 Å². The summed E-state index contributed by atoms with van der Waals surface area (Å²) in [5.74, 6) is -0.211. The Labute approximate surface area is 154 Å². The van der Waals surface area contributed by atoms with E-state index in [2.05, 4.69) is 13.2 Å². The number of aliphatic hydroxyl groups is 1. The number of hydrogen-bond acceptors (Lipinski definition) is 5. The molecular weight excluding hydrogens is 332 g/mol. The van der Waals surface area contributed by atoms with E-state index in [0.717, 1.165) is 19.3 Å². The third-order valence-corrected chi connectivity index (χ3v) is 7.79. The van der Waals surface area contributed by atoms with E-state index in [1.165, 1.54) is 12.5 Å². The minimum atomic E-state index is -1.20. The molecule has 1 heterocycles. The lowest BCUT2D eigenvalue weighted by Crippen LogP contribution is -2.77. The van der Waals surface area contributed by atoms with Crippen LogP contribution in [0.15, 0.2) is 24.8 Å². The first-order valence-corrected chi connectivity index (χ1v) is 9.66. The number of carbonyl (C=O) groups is 2. The molecule has 1 aliphatic heterocycles. The molecule has 0 bridgehead atoms. The fourth-order valence-corrected chi connectivity index (χ4v) is 6.37. The maximum atomic E-state index is 12.4. The summed E-state index contributed by atoms with van der Waals surface area (Å²) < 4.78 is 11.0. The van der Waals surface area contributed by atoms with Gasteiger partial charge in [-0.1, -0.05) is 18.2 Å². The second kappa shape index (κ2) is 5.69. The summed E-state index contributed by atoms with van der Waals surface area (Å²) in [5, 5.41) is 11.8. The Morgan fingerprint density at radius 2 is 2.12 bits per heavy atom. The van der Waals surface area contributed by atoms with Crippen molar-refractivity contribution in [1.29, 1.82) is 0 Å². The summed E-state index contributed by atoms with van der Waals surface area (Å²) in [6.07, 6.45) is 4.77. The van der Waals surface area contributed by atoms with E-state index in [9.17, 15) is 14.7 Å². The van der Waals surface area contributed by atoms with Crippen LogP contribution in [0, 0.1) is 29.1 Å². The number of fused-ring (bicyclic) bond motifs is 5. The molecule has 0 amide bonds. The van der Waals surface area contributed by atoms with Crippen molar-refractivity contribution in [2.24, 2.45) is 29.1 Å². The Hall–Kier alpha value is -1.62. The summed E-state index contributed by atoms with van der Waals surface area (Å²) >= 11 is 0. The topological polar surface area (TPSA) is 72.8 Å². The molecule has 4 fully saturated rings. The van der Waals surface area contributed by atoms with Crippen molar-refractivity contribution < 1.29 is 24.2 Å². The zero-order valence-electron chi connectivity index (χ0n) is 15.6. The first-order valence-electron chi connectivity index (χ1n) is 9.66. The Morgan fingerprint density at radius 1 is 1.38 bits per heavy atom. The fourth-order valence-electron chi connectivity index (χ4n) is 6.37. The lowest BCUT2D eigenvalue weighted by Gasteiger charge is -2.66. The molecule has 26 heavy (non-hydrogen) atoms. The van der Waals surface area contributed by atoms with Gasteiger partial charge in [-0.05, 0) is 50.4 Å². The Bertz CT molecular complexity index is 684. The molecule has 0 spiro atoms. The van der Waals surface area contributed by atoms with E-state index in [4.69, 9.17) is 9.47 Å². The lowest BCUT2D eigenvalue weighted by atomic mass is 9.44. The number of esters is 2. The molecule has 0 radical (unpaired) electrons. The Balaban J connectivity index is 1.74. The molecule has 1 N–H and O–H groups in total. The average Bonchev–Trinajstić information content (AvgIpc) is 2.59. The predicted molar refractivity (Wildman–Crippen MR) is 94.9 cm³/mol. The third-order valence-electron chi connectivity index (χ3n) is 7.79. The molecule has 3 aliphatic carbocycles. The molecular formula is C21H28O5. The maximum absolute atomic E-state index is 12.4. The third kappa shape index (κ3) is 2.07. The summed E-state index contributed by atoms with van der Waals surface area (Å²) in [5.41, 5.74) is -0.938. The maximum Gasteiger partial charge on any atom is 0.318 e. The van der Waals surface area contributed by atoms with Gasteiger partial charge in [0.2, 0.25) is 0 Å². The van der Waals surface area contributed by atoms with Crippen molar-refractivity contribution in [3.05, 3.63) is 24.8 Å². The molecule has 0 aromatic rings. The summed E-state index contributed by atoms with van der Waals surface area (Å²) in [6, 6.07) is 0. The van der Waals surface area contributed by atoms with Gasteiger partial charge in [0.25, 0.3) is 0 Å². The Kier molecular flexibility index (Phi) is 3.89. The number of hydrogen-bond donors (Lipinski definition) is 1. The highest BCUT2D eigenvalue weighted by Crippen LogP contribution is 2.64. The quantitative estimate of drug-likeness (QED) is 0.605. The van der Waals surface area contributed by atoms with Crippen LogP contribution in [-0.4, -0.2) is 34.9 Å². The van der Waals surface area contributed by atoms with Gasteiger partial charge in [-0.25, -0.2) is 0 Å². The largest absolute Gasteiger partial charge is 0.462 e. The van der Waals surface area contributed by atoms with Gasteiger partial charge >= 0.3 is 11.9 Å². The molecule has 0 aromatic carbocycles. The van der Waals surface area contributed by atoms with E-state index in [1.54, 1.807) is 0 Å². The van der Waals surface area contributed by atoms with Gasteiger partial charge in [-0.3, -0.25) is 9.59 Å². The van der Waals surface area contributed by atoms with Crippen molar-refractivity contribution in [3.63, 3.8) is 0 Å². The highest BCUT2D eigenvalue weighted by Gasteiger charge is 2.75. The van der Waals surface area contributed by atoms with Gasteiger partial charge in [0, 0.05) is 19.3 Å². The van der Waals surface area contributed by atoms with Crippen molar-refractivity contribution in [2.45, 2.75) is 63.8 Å². The molecule has 5 nitrogen and oxygen atoms in total. The molecule has 8 atom stereocenters. The van der Waals surface area contributed by atoms with Gasteiger partial charge in [-0.2, -0.15) is 0 Å². The van der Waals surface area contributed by atoms with Crippen LogP contribution in [-0.2, 0) is 19.1 Å². The Morgan fingerprint density at radius 3 is 2.73 bits per heavy atom. The highest BCUT2D eigenvalue weighted by molar-refractivity contribution is 5.85. The lowest BCUT2D eigenvalue weighted by molar-refractivity contribution is -0.305. The zero-order valence-corrected chi connectivity index (χ0v) is 15.6. The summed E-state index contributed by atoms with van der Waals surface area (Å²) in [4.78, 5) is 24.1. The minimum absolute atomic E-state index is 0.160. The molecule has 3 saturated carbocycles. The fraction of sp³-hybridized carbons (Fsp3) is 0.714. The monoisotopic (exact) mass is 360 g/mol. The molecule has 5 heteroatoms. The van der Waals surface area contributed by atoms with Crippen molar-refractivity contribution in [3.8, 4) is 0 Å². The molecule has 4 rings (SSSR count). The number of allylic oxidation sites excluding steroid dienone is 2. The standard InChI is InChI=1S/C21H28O5/c1-5-13-6-7-15-14(11(13)2)8-9-21(24)18(15)16(25-12(3)22)10-17-20(21,4)19(23)26-17/h5,13-18,24H,1-2,6-10H2,3-4H3. The van der Waals surface area contributed by atoms with E-state index >= 15 is 0 Å². The molecule has 0 aromatic heterocycles. The van der Waals surface area contributed by atoms with Crippen LogP contribution in [0.2, 0.25) is 0 Å². The van der Waals surface area contributed by atoms with Gasteiger partial charge in [-0.15, -0.1) is 6.58 Å². The average molecular weight is 360 g/mol. The smallest absolute Gasteiger partial charge is 0.318 e. The van der Waals surface area contributed by atoms with Crippen LogP contribution in [0.4, 0.5) is 0 Å². The SMILES string of the molecule is C=CC1CCC2C(CCC3(O)C2C(OC(C)=O)CC2OC(=O)C23C)C1=C. The second-order valence-electron chi connectivity index (χ2n) is 8.73. The first kappa shape index (κ1) is 17.8. The van der Waals surface area contributed by atoms with Crippen LogP contribution in [0.1, 0.15) is 46.0 Å². The van der Waals surface area contributed by atoms with Crippen LogP contribution in [0.5, 0.6) is 0 Å². The first-order chi connectivity index (χ1) is 12.2. The number of ether oxygens (including phenoxy) is 2. The van der Waals surface area contributed by atoms with Crippen LogP contribution in [0.3, 0.4) is 0 Å². The van der Waals surface area contributed by atoms with E-state index in [-0.39, 0.29) is 35.8 Å². The normalized spacial score (nSPS) is 49.7. The predicted octanol–water partition coefficient (Wildman–Crippen LogP) is 2.78. The van der Waals surface area contributed by atoms with Gasteiger partial charge in [0.1, 0.15) is 17.6 Å². The van der Waals surface area contributed by atoms with Gasteiger partial charge in [0.15, 0.2) is 0 Å². The summed E-state index contributed by atoms with van der Waals surface area (Å²) in [7, 11) is 0.